The van der Waals surface area contributed by atoms with Crippen molar-refractivity contribution in [2.24, 2.45) is 0 Å². The standard InChI is InChI=1S/C13H18N4O2/c1-9(14-12(18)19-13(2,3)4)11-16-15-10-7-5-6-8-17(10)11/h5-9H,1-4H3,(H,14,18)/t9-/m1/s1. The van der Waals surface area contributed by atoms with E-state index in [-0.39, 0.29) is 6.04 Å². The van der Waals surface area contributed by atoms with Gasteiger partial charge >= 0.3 is 6.09 Å². The van der Waals surface area contributed by atoms with Crippen LogP contribution in [-0.2, 0) is 4.74 Å². The van der Waals surface area contributed by atoms with E-state index < -0.39 is 11.7 Å². The molecule has 6 nitrogen and oxygen atoms in total. The minimum atomic E-state index is -0.517. The summed E-state index contributed by atoms with van der Waals surface area (Å²) in [4.78, 5) is 11.7. The maximum absolute atomic E-state index is 11.7. The molecule has 0 saturated heterocycles. The van der Waals surface area contributed by atoms with E-state index in [1.165, 1.54) is 0 Å². The predicted molar refractivity (Wildman–Crippen MR) is 70.8 cm³/mol. The Labute approximate surface area is 111 Å². The van der Waals surface area contributed by atoms with Gasteiger partial charge in [0.05, 0.1) is 6.04 Å². The molecule has 0 aliphatic rings. The van der Waals surface area contributed by atoms with Gasteiger partial charge in [-0.25, -0.2) is 4.79 Å². The highest BCUT2D eigenvalue weighted by atomic mass is 16.6. The minimum absolute atomic E-state index is 0.285. The van der Waals surface area contributed by atoms with Gasteiger partial charge in [0, 0.05) is 6.20 Å². The lowest BCUT2D eigenvalue weighted by atomic mass is 10.2. The summed E-state index contributed by atoms with van der Waals surface area (Å²) in [7, 11) is 0. The predicted octanol–water partition coefficient (Wildman–Crippen LogP) is 2.32. The van der Waals surface area contributed by atoms with Crippen LogP contribution in [0.15, 0.2) is 24.4 Å². The fourth-order valence-corrected chi connectivity index (χ4v) is 1.70. The first-order valence-electron chi connectivity index (χ1n) is 6.16. The van der Waals surface area contributed by atoms with Crippen LogP contribution in [0.5, 0.6) is 0 Å². The normalized spacial score (nSPS) is 13.3. The third-order valence-electron chi connectivity index (χ3n) is 2.46. The second-order valence-electron chi connectivity index (χ2n) is 5.35. The molecule has 2 aromatic rings. The first-order chi connectivity index (χ1) is 8.87. The lowest BCUT2D eigenvalue weighted by Crippen LogP contribution is -2.34. The van der Waals surface area contributed by atoms with Crippen LogP contribution in [0, 0.1) is 0 Å². The van der Waals surface area contributed by atoms with Crippen molar-refractivity contribution in [1.29, 1.82) is 0 Å². The summed E-state index contributed by atoms with van der Waals surface area (Å²) in [6.45, 7) is 7.31. The van der Waals surface area contributed by atoms with Crippen LogP contribution in [0.25, 0.3) is 5.65 Å². The van der Waals surface area contributed by atoms with E-state index >= 15 is 0 Å². The molecular formula is C13H18N4O2. The largest absolute Gasteiger partial charge is 0.444 e. The highest BCUT2D eigenvalue weighted by molar-refractivity contribution is 5.68. The molecule has 0 spiro atoms. The van der Waals surface area contributed by atoms with E-state index in [9.17, 15) is 4.79 Å². The van der Waals surface area contributed by atoms with Gasteiger partial charge in [0.15, 0.2) is 11.5 Å². The molecule has 0 unspecified atom stereocenters. The molecule has 0 fully saturated rings. The summed E-state index contributed by atoms with van der Waals surface area (Å²) < 4.78 is 7.05. The first-order valence-corrected chi connectivity index (χ1v) is 6.16. The molecule has 2 rings (SSSR count). The van der Waals surface area contributed by atoms with Gasteiger partial charge in [-0.1, -0.05) is 6.07 Å². The summed E-state index contributed by atoms with van der Waals surface area (Å²) in [6.07, 6.45) is 1.39. The number of fused-ring (bicyclic) bond motifs is 1. The van der Waals surface area contributed by atoms with Crippen LogP contribution < -0.4 is 5.32 Å². The molecule has 0 aliphatic heterocycles. The number of rotatable bonds is 2. The molecule has 0 radical (unpaired) electrons. The fraction of sp³-hybridized carbons (Fsp3) is 0.462. The molecule has 1 N–H and O–H groups in total. The molecule has 102 valence electrons. The lowest BCUT2D eigenvalue weighted by Gasteiger charge is -2.21. The van der Waals surface area contributed by atoms with Crippen LogP contribution in [0.2, 0.25) is 0 Å². The van der Waals surface area contributed by atoms with Gasteiger partial charge in [0.2, 0.25) is 0 Å². The Hall–Kier alpha value is -2.11. The van der Waals surface area contributed by atoms with Crippen molar-refractivity contribution >= 4 is 11.7 Å². The highest BCUT2D eigenvalue weighted by Crippen LogP contribution is 2.13. The number of nitrogens with zero attached hydrogens (tertiary/aromatic N) is 3. The van der Waals surface area contributed by atoms with E-state index in [1.54, 1.807) is 0 Å². The van der Waals surface area contributed by atoms with Crippen LogP contribution in [0.3, 0.4) is 0 Å². The zero-order valence-corrected chi connectivity index (χ0v) is 11.5. The van der Waals surface area contributed by atoms with Crippen molar-refractivity contribution in [1.82, 2.24) is 19.9 Å². The second kappa shape index (κ2) is 4.87. The van der Waals surface area contributed by atoms with Gasteiger partial charge in [0.25, 0.3) is 0 Å². The van der Waals surface area contributed by atoms with E-state index in [1.807, 2.05) is 56.5 Å². The maximum Gasteiger partial charge on any atom is 0.408 e. The van der Waals surface area contributed by atoms with Crippen molar-refractivity contribution in [3.05, 3.63) is 30.2 Å². The van der Waals surface area contributed by atoms with Gasteiger partial charge < -0.3 is 10.1 Å². The summed E-state index contributed by atoms with van der Waals surface area (Å²) >= 11 is 0. The number of nitrogens with one attached hydrogen (secondary N) is 1. The summed E-state index contributed by atoms with van der Waals surface area (Å²) in [6, 6.07) is 5.35. The molecule has 2 heterocycles. The zero-order chi connectivity index (χ0) is 14.0. The number of pyridine rings is 1. The van der Waals surface area contributed by atoms with E-state index in [2.05, 4.69) is 15.5 Å². The second-order valence-corrected chi connectivity index (χ2v) is 5.35. The van der Waals surface area contributed by atoms with Gasteiger partial charge in [-0.05, 0) is 39.8 Å². The average molecular weight is 262 g/mol. The Morgan fingerprint density at radius 1 is 1.37 bits per heavy atom. The Bertz CT molecular complexity index is 586. The number of carbonyl (C=O) groups is 1. The molecule has 6 heteroatoms. The van der Waals surface area contributed by atoms with E-state index in [0.717, 1.165) is 5.65 Å². The number of ether oxygens (including phenoxy) is 1. The number of carbonyl (C=O) groups excluding carboxylic acids is 1. The van der Waals surface area contributed by atoms with Crippen LogP contribution in [0.4, 0.5) is 4.79 Å². The Kier molecular flexibility index (Phi) is 3.42. The van der Waals surface area contributed by atoms with Gasteiger partial charge in [-0.3, -0.25) is 4.40 Å². The molecular weight excluding hydrogens is 244 g/mol. The van der Waals surface area contributed by atoms with Gasteiger partial charge in [-0.15, -0.1) is 10.2 Å². The van der Waals surface area contributed by atoms with Crippen LogP contribution in [0.1, 0.15) is 39.6 Å². The molecule has 0 aromatic carbocycles. The number of alkyl carbamates (subject to hydrolysis) is 1. The van der Waals surface area contributed by atoms with Crippen molar-refractivity contribution in [2.75, 3.05) is 0 Å². The summed E-state index contributed by atoms with van der Waals surface area (Å²) in [5.74, 6) is 0.668. The maximum atomic E-state index is 11.7. The molecule has 2 aromatic heterocycles. The first kappa shape index (κ1) is 13.3. The number of hydrogen-bond donors (Lipinski definition) is 1. The summed E-state index contributed by atoms with van der Waals surface area (Å²) in [5, 5.41) is 10.9. The molecule has 0 bridgehead atoms. The Balaban J connectivity index is 2.12. The monoisotopic (exact) mass is 262 g/mol. The topological polar surface area (TPSA) is 68.5 Å². The van der Waals surface area contributed by atoms with Crippen LogP contribution >= 0.6 is 0 Å². The third kappa shape index (κ3) is 3.21. The number of hydrogen-bond acceptors (Lipinski definition) is 4. The molecule has 19 heavy (non-hydrogen) atoms. The quantitative estimate of drug-likeness (QED) is 0.901. The Morgan fingerprint density at radius 2 is 2.11 bits per heavy atom. The van der Waals surface area contributed by atoms with Gasteiger partial charge in [-0.2, -0.15) is 0 Å². The molecule has 0 saturated carbocycles. The molecule has 0 aliphatic carbocycles. The van der Waals surface area contributed by atoms with Crippen molar-refractivity contribution < 1.29 is 9.53 Å². The zero-order valence-electron chi connectivity index (χ0n) is 11.5. The summed E-state index contributed by atoms with van der Waals surface area (Å²) in [5.41, 5.74) is 0.229. The third-order valence-corrected chi connectivity index (χ3v) is 2.46. The number of aromatic nitrogens is 3. The number of amides is 1. The lowest BCUT2D eigenvalue weighted by molar-refractivity contribution is 0.0505. The highest BCUT2D eigenvalue weighted by Gasteiger charge is 2.20. The van der Waals surface area contributed by atoms with Crippen molar-refractivity contribution in [2.45, 2.75) is 39.3 Å². The molecule has 1 atom stereocenters. The van der Waals surface area contributed by atoms with E-state index in [4.69, 9.17) is 4.74 Å². The van der Waals surface area contributed by atoms with E-state index in [0.29, 0.717) is 5.82 Å². The average Bonchev–Trinajstić information content (AvgIpc) is 2.69. The SMILES string of the molecule is C[C@@H](NC(=O)OC(C)(C)C)c1nnc2ccccn12. The minimum Gasteiger partial charge on any atom is -0.444 e. The van der Waals surface area contributed by atoms with Crippen molar-refractivity contribution in [3.63, 3.8) is 0 Å². The van der Waals surface area contributed by atoms with Crippen LogP contribution in [-0.4, -0.2) is 26.3 Å². The molecule has 1 amide bonds. The smallest absolute Gasteiger partial charge is 0.408 e. The Morgan fingerprint density at radius 3 is 2.79 bits per heavy atom. The fourth-order valence-electron chi connectivity index (χ4n) is 1.70. The van der Waals surface area contributed by atoms with Gasteiger partial charge in [0.1, 0.15) is 5.60 Å². The van der Waals surface area contributed by atoms with Crippen molar-refractivity contribution in [3.8, 4) is 0 Å².